The highest BCUT2D eigenvalue weighted by atomic mass is 31.2. The second-order valence-electron chi connectivity index (χ2n) is 5.32. The quantitative estimate of drug-likeness (QED) is 0.375. The third kappa shape index (κ3) is 5.32. The molecule has 2 rings (SSSR count). The molecule has 1 aliphatic rings. The molecule has 142 valence electrons. The lowest BCUT2D eigenvalue weighted by atomic mass is 10.2. The number of methoxy groups -OCH3 is 1. The van der Waals surface area contributed by atoms with Crippen LogP contribution in [0, 0.1) is 0 Å². The summed E-state index contributed by atoms with van der Waals surface area (Å²) < 4.78 is 33.7. The Balaban J connectivity index is 2.04. The molecule has 4 atom stereocenters. The molecule has 25 heavy (non-hydrogen) atoms. The van der Waals surface area contributed by atoms with Crippen molar-refractivity contribution in [3.05, 3.63) is 33.1 Å². The number of aromatic nitrogens is 2. The Morgan fingerprint density at radius 1 is 1.44 bits per heavy atom. The van der Waals surface area contributed by atoms with E-state index in [1.807, 2.05) is 0 Å². The highest BCUT2D eigenvalue weighted by Crippen LogP contribution is 2.47. The monoisotopic (exact) mass is 380 g/mol. The number of aliphatic hydroxyl groups excluding tert-OH is 1. The molecule has 2 unspecified atom stereocenters. The third-order valence-corrected chi connectivity index (χ3v) is 4.60. The number of phosphoric ester groups is 1. The van der Waals surface area contributed by atoms with E-state index in [0.717, 1.165) is 10.6 Å². The summed E-state index contributed by atoms with van der Waals surface area (Å²) in [5, 5.41) is 8.67. The maximum Gasteiger partial charge on any atom is 0.472 e. The second-order valence-corrected chi connectivity index (χ2v) is 6.72. The summed E-state index contributed by atoms with van der Waals surface area (Å²) in [4.78, 5) is 34.9. The van der Waals surface area contributed by atoms with Gasteiger partial charge < -0.3 is 19.5 Å². The van der Waals surface area contributed by atoms with Crippen molar-refractivity contribution in [1.29, 1.82) is 0 Å². The fraction of sp³-hybridized carbons (Fsp3) is 0.692. The summed E-state index contributed by atoms with van der Waals surface area (Å²) in [6.45, 7) is -0.209. The van der Waals surface area contributed by atoms with Gasteiger partial charge in [-0.2, -0.15) is 0 Å². The first-order valence-electron chi connectivity index (χ1n) is 7.60. The average Bonchev–Trinajstić information content (AvgIpc) is 2.93. The van der Waals surface area contributed by atoms with E-state index < -0.39 is 37.5 Å². The zero-order chi connectivity index (χ0) is 18.4. The summed E-state index contributed by atoms with van der Waals surface area (Å²) in [5.74, 6) is 0. The van der Waals surface area contributed by atoms with E-state index in [1.54, 1.807) is 0 Å². The van der Waals surface area contributed by atoms with Crippen molar-refractivity contribution in [2.75, 3.05) is 26.9 Å². The number of unbranched alkanes of at least 4 members (excludes halogenated alkanes) is 1. The summed E-state index contributed by atoms with van der Waals surface area (Å²) >= 11 is 0. The van der Waals surface area contributed by atoms with Crippen molar-refractivity contribution in [3.63, 3.8) is 0 Å². The molecule has 0 saturated carbocycles. The van der Waals surface area contributed by atoms with Gasteiger partial charge in [0.2, 0.25) is 0 Å². The van der Waals surface area contributed by atoms with Gasteiger partial charge in [-0.05, 0) is 12.8 Å². The first-order valence-corrected chi connectivity index (χ1v) is 9.10. The number of H-pyrrole nitrogens is 1. The van der Waals surface area contributed by atoms with Crippen LogP contribution in [0.2, 0.25) is 0 Å². The van der Waals surface area contributed by atoms with Gasteiger partial charge in [0, 0.05) is 26.0 Å². The Morgan fingerprint density at radius 3 is 2.84 bits per heavy atom. The normalized spacial score (nSPS) is 25.8. The maximum atomic E-state index is 12.0. The standard InChI is InChI=1S/C13H21N2O9P/c1-21-11-9(24-25(19,20)23-7-3-2-6-16)8-22-12(11)15-5-4-10(17)14-13(15)18/h4-5,9,11-12,16H,2-3,6-8H2,1H3,(H,19,20)(H,14,17,18)/t9?,11-,12+/m0/s1. The van der Waals surface area contributed by atoms with Crippen LogP contribution in [0.3, 0.4) is 0 Å². The number of hydrogen-bond donors (Lipinski definition) is 3. The molecule has 1 aromatic rings. The second kappa shape index (κ2) is 8.86. The number of nitrogens with zero attached hydrogens (tertiary/aromatic N) is 1. The SMILES string of the molecule is CO[C@H]1C(OP(=O)(O)OCCCCO)CO[C@H]1n1ccc(=O)[nH]c1=O. The Labute approximate surface area is 142 Å². The number of ether oxygens (including phenoxy) is 2. The fourth-order valence-electron chi connectivity index (χ4n) is 2.39. The summed E-state index contributed by atoms with van der Waals surface area (Å²) in [6.07, 6.45) is -0.690. The molecule has 1 aliphatic heterocycles. The minimum Gasteiger partial charge on any atom is -0.396 e. The van der Waals surface area contributed by atoms with Crippen LogP contribution in [0.4, 0.5) is 0 Å². The molecule has 1 aromatic heterocycles. The molecule has 12 heteroatoms. The highest BCUT2D eigenvalue weighted by Gasteiger charge is 2.43. The topological polar surface area (TPSA) is 149 Å². The minimum absolute atomic E-state index is 0.0439. The van der Waals surface area contributed by atoms with Gasteiger partial charge in [0.05, 0.1) is 13.2 Å². The zero-order valence-electron chi connectivity index (χ0n) is 13.6. The lowest BCUT2D eigenvalue weighted by Crippen LogP contribution is -2.38. The molecule has 0 spiro atoms. The third-order valence-electron chi connectivity index (χ3n) is 3.55. The van der Waals surface area contributed by atoms with Crippen LogP contribution in [-0.2, 0) is 23.1 Å². The van der Waals surface area contributed by atoms with Crippen LogP contribution in [0.5, 0.6) is 0 Å². The van der Waals surface area contributed by atoms with Crippen LogP contribution >= 0.6 is 7.82 Å². The van der Waals surface area contributed by atoms with Crippen LogP contribution in [0.1, 0.15) is 19.1 Å². The minimum atomic E-state index is -4.36. The predicted molar refractivity (Wildman–Crippen MR) is 84.1 cm³/mol. The molecule has 0 aromatic carbocycles. The molecule has 0 aliphatic carbocycles. The molecule has 1 fully saturated rings. The van der Waals surface area contributed by atoms with Gasteiger partial charge in [-0.15, -0.1) is 0 Å². The van der Waals surface area contributed by atoms with E-state index in [0.29, 0.717) is 12.8 Å². The van der Waals surface area contributed by atoms with Gasteiger partial charge in [-0.3, -0.25) is 23.4 Å². The van der Waals surface area contributed by atoms with Gasteiger partial charge in [0.1, 0.15) is 12.2 Å². The number of aromatic amines is 1. The molecular weight excluding hydrogens is 359 g/mol. The van der Waals surface area contributed by atoms with E-state index >= 15 is 0 Å². The van der Waals surface area contributed by atoms with Crippen molar-refractivity contribution in [2.45, 2.75) is 31.3 Å². The van der Waals surface area contributed by atoms with Crippen LogP contribution in [0.25, 0.3) is 0 Å². The number of hydrogen-bond acceptors (Lipinski definition) is 8. The largest absolute Gasteiger partial charge is 0.472 e. The van der Waals surface area contributed by atoms with Gasteiger partial charge >= 0.3 is 13.5 Å². The molecular formula is C13H21N2O9P. The Morgan fingerprint density at radius 2 is 2.20 bits per heavy atom. The van der Waals surface area contributed by atoms with Crippen LogP contribution < -0.4 is 11.2 Å². The fourth-order valence-corrected chi connectivity index (χ4v) is 3.33. The molecule has 3 N–H and O–H groups in total. The van der Waals surface area contributed by atoms with Crippen molar-refractivity contribution < 1.29 is 33.1 Å². The summed E-state index contributed by atoms with van der Waals surface area (Å²) in [7, 11) is -3.02. The average molecular weight is 380 g/mol. The lowest BCUT2D eigenvalue weighted by molar-refractivity contribution is -0.0457. The number of rotatable bonds is 9. The van der Waals surface area contributed by atoms with E-state index in [1.165, 1.54) is 13.3 Å². The summed E-state index contributed by atoms with van der Waals surface area (Å²) in [5.41, 5.74) is -1.26. The van der Waals surface area contributed by atoms with E-state index in [2.05, 4.69) is 4.98 Å². The Kier molecular flexibility index (Phi) is 7.08. The van der Waals surface area contributed by atoms with E-state index in [4.69, 9.17) is 23.6 Å². The van der Waals surface area contributed by atoms with Crippen LogP contribution in [0.15, 0.2) is 21.9 Å². The molecule has 2 heterocycles. The van der Waals surface area contributed by atoms with Crippen LogP contribution in [-0.4, -0.2) is 58.7 Å². The van der Waals surface area contributed by atoms with E-state index in [9.17, 15) is 19.0 Å². The lowest BCUT2D eigenvalue weighted by Gasteiger charge is -2.23. The molecule has 11 nitrogen and oxygen atoms in total. The first-order chi connectivity index (χ1) is 11.9. The predicted octanol–water partition coefficient (Wildman–Crippen LogP) is -0.645. The van der Waals surface area contributed by atoms with Gasteiger partial charge in [0.25, 0.3) is 5.56 Å². The molecule has 1 saturated heterocycles. The number of phosphoric acid groups is 1. The maximum absolute atomic E-state index is 12.0. The number of aliphatic hydroxyl groups is 1. The highest BCUT2D eigenvalue weighted by molar-refractivity contribution is 7.47. The van der Waals surface area contributed by atoms with Gasteiger partial charge in [0.15, 0.2) is 6.23 Å². The Bertz CT molecular complexity index is 718. The zero-order valence-corrected chi connectivity index (χ0v) is 14.5. The van der Waals surface area contributed by atoms with Crippen molar-refractivity contribution >= 4 is 7.82 Å². The Hall–Kier alpha value is -1.33. The van der Waals surface area contributed by atoms with Crippen molar-refractivity contribution in [3.8, 4) is 0 Å². The van der Waals surface area contributed by atoms with Gasteiger partial charge in [-0.1, -0.05) is 0 Å². The van der Waals surface area contributed by atoms with Crippen molar-refractivity contribution in [1.82, 2.24) is 9.55 Å². The van der Waals surface area contributed by atoms with E-state index in [-0.39, 0.29) is 19.8 Å². The first kappa shape index (κ1) is 20.0. The molecule has 0 bridgehead atoms. The van der Waals surface area contributed by atoms with Gasteiger partial charge in [-0.25, -0.2) is 9.36 Å². The molecule has 0 amide bonds. The summed E-state index contributed by atoms with van der Waals surface area (Å²) in [6, 6.07) is 1.15. The number of nitrogens with one attached hydrogen (secondary N) is 1. The van der Waals surface area contributed by atoms with Crippen molar-refractivity contribution in [2.24, 2.45) is 0 Å². The molecule has 0 radical (unpaired) electrons. The smallest absolute Gasteiger partial charge is 0.396 e.